The Hall–Kier alpha value is -1.25. The van der Waals surface area contributed by atoms with Gasteiger partial charge < -0.3 is 9.73 Å². The number of amides is 1. The van der Waals surface area contributed by atoms with Crippen molar-refractivity contribution in [2.75, 3.05) is 0 Å². The van der Waals surface area contributed by atoms with E-state index in [2.05, 4.69) is 5.32 Å². The summed E-state index contributed by atoms with van der Waals surface area (Å²) in [7, 11) is 0. The third-order valence-corrected chi connectivity index (χ3v) is 3.04. The van der Waals surface area contributed by atoms with E-state index < -0.39 is 0 Å². The van der Waals surface area contributed by atoms with Crippen LogP contribution in [0.25, 0.3) is 0 Å². The predicted octanol–water partition coefficient (Wildman–Crippen LogP) is 1.87. The summed E-state index contributed by atoms with van der Waals surface area (Å²) in [4.78, 5) is 11.3. The molecule has 2 rings (SSSR count). The molecule has 3 heteroatoms. The minimum atomic E-state index is -0.246. The van der Waals surface area contributed by atoms with Crippen molar-refractivity contribution in [3.63, 3.8) is 0 Å². The number of hydrogen-bond donors (Lipinski definition) is 1. The Kier molecular flexibility index (Phi) is 1.68. The highest BCUT2D eigenvalue weighted by atomic mass is 16.3. The van der Waals surface area contributed by atoms with Crippen LogP contribution >= 0.6 is 0 Å². The molecular weight excluding hydrogens is 166 g/mol. The van der Waals surface area contributed by atoms with Crippen molar-refractivity contribution in [1.82, 2.24) is 5.32 Å². The summed E-state index contributed by atoms with van der Waals surface area (Å²) in [6.45, 7) is 4.02. The first-order chi connectivity index (χ1) is 6.18. The van der Waals surface area contributed by atoms with E-state index in [4.69, 9.17) is 4.42 Å². The lowest BCUT2D eigenvalue weighted by Crippen LogP contribution is -2.59. The van der Waals surface area contributed by atoms with Gasteiger partial charge >= 0.3 is 0 Å². The molecule has 1 saturated heterocycles. The minimum absolute atomic E-state index is 0.128. The summed E-state index contributed by atoms with van der Waals surface area (Å²) in [5, 5.41) is 2.89. The molecule has 2 unspecified atom stereocenters. The Bertz CT molecular complexity index is 318. The van der Waals surface area contributed by atoms with Gasteiger partial charge in [-0.05, 0) is 19.4 Å². The number of furan rings is 1. The van der Waals surface area contributed by atoms with Crippen LogP contribution in [0.1, 0.15) is 31.9 Å². The fourth-order valence-corrected chi connectivity index (χ4v) is 1.76. The topological polar surface area (TPSA) is 42.2 Å². The molecule has 0 bridgehead atoms. The van der Waals surface area contributed by atoms with Crippen LogP contribution in [0.5, 0.6) is 0 Å². The van der Waals surface area contributed by atoms with Gasteiger partial charge in [-0.1, -0.05) is 6.92 Å². The molecule has 1 fully saturated rings. The first-order valence-electron chi connectivity index (χ1n) is 4.51. The van der Waals surface area contributed by atoms with Crippen LogP contribution in [-0.2, 0) is 4.79 Å². The molecule has 0 radical (unpaired) electrons. The molecule has 1 N–H and O–H groups in total. The molecule has 2 atom stereocenters. The summed E-state index contributed by atoms with van der Waals surface area (Å²) in [6, 6.07) is 2.03. The molecule has 70 valence electrons. The maximum Gasteiger partial charge on any atom is 0.228 e. The first kappa shape index (κ1) is 8.35. The highest BCUT2D eigenvalue weighted by Gasteiger charge is 2.50. The van der Waals surface area contributed by atoms with Gasteiger partial charge in [0.15, 0.2) is 0 Å². The van der Waals surface area contributed by atoms with E-state index in [1.165, 1.54) is 0 Å². The van der Waals surface area contributed by atoms with Gasteiger partial charge in [-0.2, -0.15) is 0 Å². The smallest absolute Gasteiger partial charge is 0.228 e. The van der Waals surface area contributed by atoms with Crippen LogP contribution in [0.3, 0.4) is 0 Å². The van der Waals surface area contributed by atoms with Gasteiger partial charge in [-0.15, -0.1) is 0 Å². The third-order valence-electron chi connectivity index (χ3n) is 3.04. The number of rotatable bonds is 2. The third kappa shape index (κ3) is 0.996. The molecule has 1 aliphatic heterocycles. The zero-order valence-corrected chi connectivity index (χ0v) is 7.83. The molecule has 1 aromatic rings. The van der Waals surface area contributed by atoms with Crippen molar-refractivity contribution in [1.29, 1.82) is 0 Å². The van der Waals surface area contributed by atoms with E-state index in [1.807, 2.05) is 19.9 Å². The van der Waals surface area contributed by atoms with Crippen molar-refractivity contribution in [2.45, 2.75) is 26.3 Å². The first-order valence-corrected chi connectivity index (χ1v) is 4.51. The van der Waals surface area contributed by atoms with Crippen LogP contribution in [0.15, 0.2) is 23.0 Å². The van der Waals surface area contributed by atoms with Gasteiger partial charge in [-0.25, -0.2) is 0 Å². The lowest BCUT2D eigenvalue weighted by atomic mass is 9.70. The average Bonchev–Trinajstić information content (AvgIpc) is 2.65. The second kappa shape index (κ2) is 2.62. The summed E-state index contributed by atoms with van der Waals surface area (Å²) in [5.41, 5.74) is 0.813. The Morgan fingerprint density at radius 3 is 2.92 bits per heavy atom. The SMILES string of the molecule is CCC1(C)C(=O)NC1c1ccoc1. The van der Waals surface area contributed by atoms with E-state index in [0.29, 0.717) is 0 Å². The molecule has 0 aliphatic carbocycles. The minimum Gasteiger partial charge on any atom is -0.472 e. The van der Waals surface area contributed by atoms with Gasteiger partial charge in [-0.3, -0.25) is 4.79 Å². The van der Waals surface area contributed by atoms with Crippen LogP contribution in [0.4, 0.5) is 0 Å². The quantitative estimate of drug-likeness (QED) is 0.704. The van der Waals surface area contributed by atoms with E-state index in [0.717, 1.165) is 12.0 Å². The Balaban J connectivity index is 2.25. The molecule has 3 nitrogen and oxygen atoms in total. The van der Waals surface area contributed by atoms with Crippen molar-refractivity contribution in [3.8, 4) is 0 Å². The zero-order valence-electron chi connectivity index (χ0n) is 7.83. The fourth-order valence-electron chi connectivity index (χ4n) is 1.76. The number of hydrogen-bond acceptors (Lipinski definition) is 2. The Morgan fingerprint density at radius 2 is 2.46 bits per heavy atom. The van der Waals surface area contributed by atoms with E-state index in [-0.39, 0.29) is 17.4 Å². The highest BCUT2D eigenvalue weighted by Crippen LogP contribution is 2.44. The van der Waals surface area contributed by atoms with Crippen molar-refractivity contribution in [2.24, 2.45) is 5.41 Å². The highest BCUT2D eigenvalue weighted by molar-refractivity contribution is 5.90. The molecule has 0 spiro atoms. The van der Waals surface area contributed by atoms with Crippen molar-refractivity contribution in [3.05, 3.63) is 24.2 Å². The summed E-state index contributed by atoms with van der Waals surface area (Å²) < 4.78 is 4.99. The largest absolute Gasteiger partial charge is 0.472 e. The Morgan fingerprint density at radius 1 is 1.69 bits per heavy atom. The van der Waals surface area contributed by atoms with Crippen molar-refractivity contribution < 1.29 is 9.21 Å². The molecule has 0 saturated carbocycles. The van der Waals surface area contributed by atoms with E-state index in [1.54, 1.807) is 12.5 Å². The normalized spacial score (nSPS) is 32.5. The summed E-state index contributed by atoms with van der Waals surface area (Å²) in [5.74, 6) is 0.140. The monoisotopic (exact) mass is 179 g/mol. The number of nitrogens with one attached hydrogen (secondary N) is 1. The maximum atomic E-state index is 11.3. The van der Waals surface area contributed by atoms with E-state index >= 15 is 0 Å². The van der Waals surface area contributed by atoms with Gasteiger partial charge in [0.2, 0.25) is 5.91 Å². The Labute approximate surface area is 77.1 Å². The van der Waals surface area contributed by atoms with Crippen LogP contribution < -0.4 is 5.32 Å². The van der Waals surface area contributed by atoms with Gasteiger partial charge in [0, 0.05) is 5.56 Å². The van der Waals surface area contributed by atoms with Crippen molar-refractivity contribution >= 4 is 5.91 Å². The lowest BCUT2D eigenvalue weighted by Gasteiger charge is -2.45. The fraction of sp³-hybridized carbons (Fsp3) is 0.500. The summed E-state index contributed by atoms with van der Waals surface area (Å²) >= 11 is 0. The van der Waals surface area contributed by atoms with Crippen LogP contribution in [0.2, 0.25) is 0 Å². The van der Waals surface area contributed by atoms with Crippen LogP contribution in [-0.4, -0.2) is 5.91 Å². The molecule has 1 aliphatic rings. The molecule has 2 heterocycles. The maximum absolute atomic E-state index is 11.3. The average molecular weight is 179 g/mol. The molecule has 1 aromatic heterocycles. The molecule has 13 heavy (non-hydrogen) atoms. The number of carbonyl (C=O) groups is 1. The lowest BCUT2D eigenvalue weighted by molar-refractivity contribution is -0.145. The zero-order chi connectivity index (χ0) is 9.47. The van der Waals surface area contributed by atoms with Gasteiger partial charge in [0.1, 0.15) is 0 Å². The number of β-lactam (4-membered cyclic amide) rings is 1. The molecule has 1 amide bonds. The second-order valence-electron chi connectivity index (χ2n) is 3.73. The standard InChI is InChI=1S/C10H13NO2/c1-3-10(2)8(11-9(10)12)7-4-5-13-6-7/h4-6,8H,3H2,1-2H3,(H,11,12). The summed E-state index contributed by atoms with van der Waals surface area (Å²) in [6.07, 6.45) is 4.18. The second-order valence-corrected chi connectivity index (χ2v) is 3.73. The van der Waals surface area contributed by atoms with Gasteiger partial charge in [0.25, 0.3) is 0 Å². The van der Waals surface area contributed by atoms with Crippen LogP contribution in [0, 0.1) is 5.41 Å². The molecular formula is C10H13NO2. The van der Waals surface area contributed by atoms with E-state index in [9.17, 15) is 4.79 Å². The predicted molar refractivity (Wildman–Crippen MR) is 48.0 cm³/mol. The number of carbonyl (C=O) groups excluding carboxylic acids is 1. The van der Waals surface area contributed by atoms with Gasteiger partial charge in [0.05, 0.1) is 24.0 Å². The molecule has 0 aromatic carbocycles.